The average molecular weight is 234 g/mol. The molecule has 0 bridgehead atoms. The summed E-state index contributed by atoms with van der Waals surface area (Å²) in [5, 5.41) is 16.7. The predicted octanol–water partition coefficient (Wildman–Crippen LogP) is -3.93. The van der Waals surface area contributed by atoms with Gasteiger partial charge in [0.1, 0.15) is 13.2 Å². The molecule has 0 radical (unpaired) electrons. The molecule has 0 aliphatic heterocycles. The van der Waals surface area contributed by atoms with Crippen molar-refractivity contribution in [2.75, 3.05) is 52.9 Å². The minimum atomic E-state index is 0. The van der Waals surface area contributed by atoms with Crippen molar-refractivity contribution in [2.45, 2.75) is 0 Å². The summed E-state index contributed by atoms with van der Waals surface area (Å²) in [5.74, 6) is 0. The van der Waals surface area contributed by atoms with E-state index in [2.05, 4.69) is 0 Å². The molecule has 0 saturated heterocycles. The van der Waals surface area contributed by atoms with Crippen LogP contribution in [0.2, 0.25) is 0 Å². The van der Waals surface area contributed by atoms with Gasteiger partial charge in [0.25, 0.3) is 0 Å². The Kier molecular flexibility index (Phi) is 20.8. The van der Waals surface area contributed by atoms with E-state index in [0.29, 0.717) is 39.6 Å². The molecule has 7 heteroatoms. The summed E-state index contributed by atoms with van der Waals surface area (Å²) < 4.78 is 9.82. The van der Waals surface area contributed by atoms with E-state index < -0.39 is 0 Å². The van der Waals surface area contributed by atoms with Crippen LogP contribution in [0.3, 0.4) is 0 Å². The molecule has 0 aliphatic carbocycles. The minimum Gasteiger partial charge on any atom is -1.00 e. The Hall–Kier alpha value is 0.760. The molecule has 0 aromatic carbocycles. The van der Waals surface area contributed by atoms with Crippen molar-refractivity contribution in [1.82, 2.24) is 0 Å². The second-order valence-electron chi connectivity index (χ2n) is 2.32. The summed E-state index contributed by atoms with van der Waals surface area (Å²) >= 11 is 0. The monoisotopic (exact) mass is 234 g/mol. The van der Waals surface area contributed by atoms with Gasteiger partial charge in [-0.25, -0.2) is 9.78 Å². The van der Waals surface area contributed by atoms with Gasteiger partial charge in [-0.05, 0) is 0 Å². The largest absolute Gasteiger partial charge is 1.00 e. The van der Waals surface area contributed by atoms with E-state index in [4.69, 9.17) is 29.5 Å². The van der Waals surface area contributed by atoms with Crippen LogP contribution in [0.1, 0.15) is 1.43 Å². The van der Waals surface area contributed by atoms with Crippen molar-refractivity contribution < 1.29 is 60.4 Å². The van der Waals surface area contributed by atoms with Crippen LogP contribution in [0.25, 0.3) is 0 Å². The second-order valence-corrected chi connectivity index (χ2v) is 2.32. The zero-order valence-corrected chi connectivity index (χ0v) is 11.2. The first kappa shape index (κ1) is 18.1. The Morgan fingerprint density at radius 2 is 1.07 bits per heavy atom. The molecule has 0 amide bonds. The molecule has 0 aliphatic rings. The number of rotatable bonds is 11. The Balaban J connectivity index is -0.000000845. The molecule has 0 aromatic rings. The van der Waals surface area contributed by atoms with Crippen LogP contribution in [0.15, 0.2) is 0 Å². The molecule has 2 N–H and O–H groups in total. The van der Waals surface area contributed by atoms with Gasteiger partial charge in [-0.2, -0.15) is 0 Å². The van der Waals surface area contributed by atoms with Gasteiger partial charge >= 0.3 is 29.6 Å². The van der Waals surface area contributed by atoms with Gasteiger partial charge in [-0.15, -0.1) is 0 Å². The zero-order chi connectivity index (χ0) is 10.5. The number of aliphatic hydroxyl groups excluding tert-OH is 2. The van der Waals surface area contributed by atoms with Crippen LogP contribution < -0.4 is 29.6 Å². The van der Waals surface area contributed by atoms with E-state index in [-0.39, 0.29) is 44.2 Å². The van der Waals surface area contributed by atoms with E-state index >= 15 is 0 Å². The summed E-state index contributed by atoms with van der Waals surface area (Å²) in [5.41, 5.74) is 0. The van der Waals surface area contributed by atoms with E-state index in [0.717, 1.165) is 0 Å². The van der Waals surface area contributed by atoms with Gasteiger partial charge in [-0.1, -0.05) is 0 Å². The molecule has 0 heterocycles. The first-order valence-corrected chi connectivity index (χ1v) is 4.53. The first-order valence-electron chi connectivity index (χ1n) is 4.53. The molecule has 6 nitrogen and oxygen atoms in total. The molecule has 0 spiro atoms. The normalized spacial score (nSPS) is 10.0. The molecule has 15 heavy (non-hydrogen) atoms. The Morgan fingerprint density at radius 3 is 1.40 bits per heavy atom. The summed E-state index contributed by atoms with van der Waals surface area (Å²) in [4.78, 5) is 9.42. The Bertz CT molecular complexity index is 98.5. The van der Waals surface area contributed by atoms with E-state index in [1.807, 2.05) is 0 Å². The molecule has 0 atom stereocenters. The van der Waals surface area contributed by atoms with Crippen LogP contribution >= 0.6 is 0 Å². The predicted molar refractivity (Wildman–Crippen MR) is 48.8 cm³/mol. The zero-order valence-electron chi connectivity index (χ0n) is 10.2. The fourth-order valence-electron chi connectivity index (χ4n) is 0.637. The quantitative estimate of drug-likeness (QED) is 0.164. The second kappa shape index (κ2) is 17.2. The Labute approximate surface area is 113 Å². The van der Waals surface area contributed by atoms with Crippen molar-refractivity contribution >= 4 is 0 Å². The van der Waals surface area contributed by atoms with Crippen molar-refractivity contribution in [3.63, 3.8) is 0 Å². The maximum atomic E-state index is 8.36. The molecular formula is C8H19NaO6. The van der Waals surface area contributed by atoms with Crippen molar-refractivity contribution in [1.29, 1.82) is 0 Å². The maximum absolute atomic E-state index is 8.36. The SMILES string of the molecule is OCCOCCOOCCOCCO.[H-].[Na+]. The van der Waals surface area contributed by atoms with Gasteiger partial charge < -0.3 is 21.1 Å². The topological polar surface area (TPSA) is 77.4 Å². The third-order valence-corrected chi connectivity index (χ3v) is 1.18. The molecule has 88 valence electrons. The van der Waals surface area contributed by atoms with E-state index in [1.165, 1.54) is 0 Å². The molecule has 0 saturated carbocycles. The standard InChI is InChI=1S/C8H18O6.Na.H/c9-1-3-11-5-7-13-14-8-6-12-4-2-10;;/h9-10H,1-8H2;;/q;+1;-1. The molecule has 0 fully saturated rings. The van der Waals surface area contributed by atoms with Gasteiger partial charge in [0.15, 0.2) is 0 Å². The third kappa shape index (κ3) is 17.4. The molecule has 0 unspecified atom stereocenters. The van der Waals surface area contributed by atoms with Crippen molar-refractivity contribution in [3.8, 4) is 0 Å². The van der Waals surface area contributed by atoms with Crippen molar-refractivity contribution in [3.05, 3.63) is 0 Å². The van der Waals surface area contributed by atoms with Gasteiger partial charge in [0, 0.05) is 0 Å². The molecule has 0 aromatic heterocycles. The minimum absolute atomic E-state index is 0. The fourth-order valence-corrected chi connectivity index (χ4v) is 0.637. The van der Waals surface area contributed by atoms with Crippen LogP contribution in [0.4, 0.5) is 0 Å². The van der Waals surface area contributed by atoms with Crippen LogP contribution in [0.5, 0.6) is 0 Å². The van der Waals surface area contributed by atoms with Gasteiger partial charge in [0.05, 0.1) is 39.6 Å². The maximum Gasteiger partial charge on any atom is 1.00 e. The van der Waals surface area contributed by atoms with Crippen LogP contribution in [-0.4, -0.2) is 63.1 Å². The summed E-state index contributed by atoms with van der Waals surface area (Å²) in [7, 11) is 0. The Morgan fingerprint density at radius 1 is 0.667 bits per heavy atom. The van der Waals surface area contributed by atoms with Gasteiger partial charge in [-0.3, -0.25) is 0 Å². The van der Waals surface area contributed by atoms with E-state index in [9.17, 15) is 0 Å². The number of hydrogen-bond acceptors (Lipinski definition) is 6. The fraction of sp³-hybridized carbons (Fsp3) is 1.00. The smallest absolute Gasteiger partial charge is 1.00 e. The van der Waals surface area contributed by atoms with Gasteiger partial charge in [0.2, 0.25) is 0 Å². The number of aliphatic hydroxyl groups is 2. The average Bonchev–Trinajstić information content (AvgIpc) is 2.21. The van der Waals surface area contributed by atoms with Crippen LogP contribution in [-0.2, 0) is 19.2 Å². The summed E-state index contributed by atoms with van der Waals surface area (Å²) in [6.45, 7) is 2.05. The molecular weight excluding hydrogens is 215 g/mol. The number of hydrogen-bond donors (Lipinski definition) is 2. The molecule has 0 rings (SSSR count). The number of ether oxygens (including phenoxy) is 2. The first-order chi connectivity index (χ1) is 6.91. The van der Waals surface area contributed by atoms with E-state index in [1.54, 1.807) is 0 Å². The summed E-state index contributed by atoms with van der Waals surface area (Å²) in [6.07, 6.45) is 0. The third-order valence-electron chi connectivity index (χ3n) is 1.18. The summed E-state index contributed by atoms with van der Waals surface area (Å²) in [6, 6.07) is 0. The van der Waals surface area contributed by atoms with Crippen LogP contribution in [0, 0.1) is 0 Å². The van der Waals surface area contributed by atoms with Crippen molar-refractivity contribution in [2.24, 2.45) is 0 Å².